The highest BCUT2D eigenvalue weighted by Gasteiger charge is 2.32. The van der Waals surface area contributed by atoms with Gasteiger partial charge in [0.1, 0.15) is 12.6 Å². The maximum atomic E-state index is 12.5. The molecular formula is C25H30N2O6. The number of ether oxygens (including phenoxy) is 1. The van der Waals surface area contributed by atoms with Crippen LogP contribution < -0.4 is 10.6 Å². The largest absolute Gasteiger partial charge is 0.480 e. The Labute approximate surface area is 193 Å². The predicted molar refractivity (Wildman–Crippen MR) is 123 cm³/mol. The van der Waals surface area contributed by atoms with Gasteiger partial charge in [-0.3, -0.25) is 4.79 Å². The van der Waals surface area contributed by atoms with Crippen LogP contribution in [0.3, 0.4) is 0 Å². The number of aliphatic carboxylic acids is 1. The fraction of sp³-hybridized carbons (Fsp3) is 0.400. The molecule has 1 aliphatic carbocycles. The molecule has 2 amide bonds. The van der Waals surface area contributed by atoms with E-state index in [1.165, 1.54) is 0 Å². The molecule has 0 bridgehead atoms. The summed E-state index contributed by atoms with van der Waals surface area (Å²) >= 11 is 0. The molecule has 0 saturated heterocycles. The first kappa shape index (κ1) is 24.3. The van der Waals surface area contributed by atoms with Gasteiger partial charge in [-0.15, -0.1) is 0 Å². The first-order valence-electron chi connectivity index (χ1n) is 11.0. The van der Waals surface area contributed by atoms with Crippen molar-refractivity contribution in [2.45, 2.75) is 38.6 Å². The average Bonchev–Trinajstić information content (AvgIpc) is 3.11. The predicted octanol–water partition coefficient (Wildman–Crippen LogP) is 2.89. The van der Waals surface area contributed by atoms with Crippen LogP contribution in [0.25, 0.3) is 11.1 Å². The fourth-order valence-electron chi connectivity index (χ4n) is 3.98. The minimum atomic E-state index is -1.20. The Balaban J connectivity index is 1.50. The second-order valence-electron chi connectivity index (χ2n) is 8.76. The smallest absolute Gasteiger partial charge is 0.407 e. The van der Waals surface area contributed by atoms with Crippen molar-refractivity contribution in [2.24, 2.45) is 5.41 Å². The number of carboxylic acid groups (broad SMARTS) is 1. The number of benzene rings is 2. The van der Waals surface area contributed by atoms with Crippen LogP contribution in [0.4, 0.5) is 4.79 Å². The standard InChI is InChI=1S/C25H30N2O6/c1-25(2,23(31)27-21(11-14-28)22(29)30)12-13-26-24(32)33-15-20-18-9-5-3-7-16(18)17-8-4-6-10-19(17)20/h3-10,20-21,28H,11-15H2,1-2H3,(H,26,32)(H,27,31)(H,29,30)/t21-/m1/s1. The molecular weight excluding hydrogens is 424 g/mol. The summed E-state index contributed by atoms with van der Waals surface area (Å²) < 4.78 is 5.49. The average molecular weight is 455 g/mol. The highest BCUT2D eigenvalue weighted by atomic mass is 16.5. The molecule has 0 fully saturated rings. The van der Waals surface area contributed by atoms with Gasteiger partial charge < -0.3 is 25.6 Å². The van der Waals surface area contributed by atoms with E-state index in [9.17, 15) is 14.4 Å². The Morgan fingerprint density at radius 3 is 2.15 bits per heavy atom. The van der Waals surface area contributed by atoms with E-state index in [0.29, 0.717) is 0 Å². The lowest BCUT2D eigenvalue weighted by Crippen LogP contribution is -2.47. The molecule has 8 nitrogen and oxygen atoms in total. The number of aliphatic hydroxyl groups excluding tert-OH is 1. The fourth-order valence-corrected chi connectivity index (χ4v) is 3.98. The van der Waals surface area contributed by atoms with Crippen LogP contribution in [0.15, 0.2) is 48.5 Å². The molecule has 176 valence electrons. The molecule has 0 unspecified atom stereocenters. The number of rotatable bonds is 10. The van der Waals surface area contributed by atoms with Crippen LogP contribution in [0.2, 0.25) is 0 Å². The molecule has 8 heteroatoms. The van der Waals surface area contributed by atoms with Gasteiger partial charge in [0.25, 0.3) is 0 Å². The molecule has 3 rings (SSSR count). The van der Waals surface area contributed by atoms with Gasteiger partial charge in [0.15, 0.2) is 0 Å². The highest BCUT2D eigenvalue weighted by molar-refractivity contribution is 5.87. The van der Waals surface area contributed by atoms with Crippen molar-refractivity contribution in [3.63, 3.8) is 0 Å². The van der Waals surface area contributed by atoms with Crippen molar-refractivity contribution in [3.05, 3.63) is 59.7 Å². The molecule has 0 spiro atoms. The van der Waals surface area contributed by atoms with Crippen molar-refractivity contribution >= 4 is 18.0 Å². The maximum Gasteiger partial charge on any atom is 0.407 e. The number of hydrogen-bond donors (Lipinski definition) is 4. The minimum Gasteiger partial charge on any atom is -0.480 e. The van der Waals surface area contributed by atoms with E-state index in [-0.39, 0.29) is 38.5 Å². The summed E-state index contributed by atoms with van der Waals surface area (Å²) in [7, 11) is 0. The lowest BCUT2D eigenvalue weighted by atomic mass is 9.88. The van der Waals surface area contributed by atoms with Crippen molar-refractivity contribution in [2.75, 3.05) is 19.8 Å². The summed E-state index contributed by atoms with van der Waals surface area (Å²) in [5.41, 5.74) is 3.63. The number of fused-ring (bicyclic) bond motifs is 3. The van der Waals surface area contributed by atoms with Gasteiger partial charge in [0.2, 0.25) is 5.91 Å². The Bertz CT molecular complexity index is 974. The number of aliphatic hydroxyl groups is 1. The van der Waals surface area contributed by atoms with Crippen molar-refractivity contribution < 1.29 is 29.3 Å². The molecule has 33 heavy (non-hydrogen) atoms. The van der Waals surface area contributed by atoms with Crippen molar-refractivity contribution in [1.29, 1.82) is 0 Å². The van der Waals surface area contributed by atoms with E-state index < -0.39 is 29.4 Å². The third kappa shape index (κ3) is 5.70. The number of amides is 2. The second kappa shape index (κ2) is 10.5. The zero-order valence-corrected chi connectivity index (χ0v) is 18.8. The van der Waals surface area contributed by atoms with E-state index in [1.807, 2.05) is 36.4 Å². The molecule has 0 heterocycles. The summed E-state index contributed by atoms with van der Waals surface area (Å²) in [5.74, 6) is -1.70. The second-order valence-corrected chi connectivity index (χ2v) is 8.76. The summed E-state index contributed by atoms with van der Waals surface area (Å²) in [6.07, 6.45) is -0.360. The van der Waals surface area contributed by atoms with Crippen LogP contribution in [0, 0.1) is 5.41 Å². The van der Waals surface area contributed by atoms with Crippen LogP contribution in [0.5, 0.6) is 0 Å². The highest BCUT2D eigenvalue weighted by Crippen LogP contribution is 2.44. The van der Waals surface area contributed by atoms with Crippen molar-refractivity contribution in [1.82, 2.24) is 10.6 Å². The third-order valence-electron chi connectivity index (χ3n) is 6.00. The molecule has 4 N–H and O–H groups in total. The van der Waals surface area contributed by atoms with E-state index in [0.717, 1.165) is 22.3 Å². The van der Waals surface area contributed by atoms with E-state index in [1.54, 1.807) is 13.8 Å². The molecule has 0 aromatic heterocycles. The molecule has 2 aromatic rings. The van der Waals surface area contributed by atoms with E-state index >= 15 is 0 Å². The monoisotopic (exact) mass is 454 g/mol. The molecule has 0 saturated carbocycles. The number of carbonyl (C=O) groups excluding carboxylic acids is 2. The Hall–Kier alpha value is -3.39. The summed E-state index contributed by atoms with van der Waals surface area (Å²) in [6, 6.07) is 15.0. The quantitative estimate of drug-likeness (QED) is 0.438. The Morgan fingerprint density at radius 2 is 1.61 bits per heavy atom. The minimum absolute atomic E-state index is 0.0372. The number of alkyl carbamates (subject to hydrolysis) is 1. The topological polar surface area (TPSA) is 125 Å². The normalized spacial score (nSPS) is 13.5. The lowest BCUT2D eigenvalue weighted by Gasteiger charge is -2.26. The summed E-state index contributed by atoms with van der Waals surface area (Å²) in [4.78, 5) is 35.9. The van der Waals surface area contributed by atoms with Gasteiger partial charge in [-0.25, -0.2) is 9.59 Å². The van der Waals surface area contributed by atoms with Crippen LogP contribution in [-0.2, 0) is 14.3 Å². The Kier molecular flexibility index (Phi) is 7.71. The SMILES string of the molecule is CC(C)(CCNC(=O)OCC1c2ccccc2-c2ccccc21)C(=O)N[C@H](CCO)C(=O)O. The zero-order valence-electron chi connectivity index (χ0n) is 18.8. The van der Waals surface area contributed by atoms with Gasteiger partial charge in [0.05, 0.1) is 0 Å². The third-order valence-corrected chi connectivity index (χ3v) is 6.00. The number of nitrogens with one attached hydrogen (secondary N) is 2. The molecule has 0 radical (unpaired) electrons. The van der Waals surface area contributed by atoms with Crippen LogP contribution >= 0.6 is 0 Å². The number of carbonyl (C=O) groups is 3. The van der Waals surface area contributed by atoms with E-state index in [4.69, 9.17) is 14.9 Å². The van der Waals surface area contributed by atoms with Gasteiger partial charge in [-0.05, 0) is 28.7 Å². The molecule has 1 aliphatic rings. The summed E-state index contributed by atoms with van der Waals surface area (Å²) in [5, 5.41) is 23.2. The van der Waals surface area contributed by atoms with Crippen LogP contribution in [0.1, 0.15) is 43.7 Å². The summed E-state index contributed by atoms with van der Waals surface area (Å²) in [6.45, 7) is 3.38. The number of carboxylic acids is 1. The maximum absolute atomic E-state index is 12.5. The molecule has 2 aromatic carbocycles. The van der Waals surface area contributed by atoms with Gasteiger partial charge >= 0.3 is 12.1 Å². The van der Waals surface area contributed by atoms with Crippen LogP contribution in [-0.4, -0.2) is 54.0 Å². The number of hydrogen-bond acceptors (Lipinski definition) is 5. The lowest BCUT2D eigenvalue weighted by molar-refractivity contribution is -0.144. The molecule has 0 aliphatic heterocycles. The van der Waals surface area contributed by atoms with Gasteiger partial charge in [-0.1, -0.05) is 62.4 Å². The van der Waals surface area contributed by atoms with Gasteiger partial charge in [0, 0.05) is 30.9 Å². The zero-order chi connectivity index (χ0) is 24.0. The van der Waals surface area contributed by atoms with Crippen molar-refractivity contribution in [3.8, 4) is 11.1 Å². The molecule has 1 atom stereocenters. The Morgan fingerprint density at radius 1 is 1.03 bits per heavy atom. The van der Waals surface area contributed by atoms with Gasteiger partial charge in [-0.2, -0.15) is 0 Å². The van der Waals surface area contributed by atoms with E-state index in [2.05, 4.69) is 22.8 Å². The first-order valence-corrected chi connectivity index (χ1v) is 11.0. The first-order chi connectivity index (χ1) is 15.7.